The van der Waals surface area contributed by atoms with Crippen molar-refractivity contribution in [2.24, 2.45) is 0 Å². The second-order valence-corrected chi connectivity index (χ2v) is 5.80. The monoisotopic (exact) mass is 354 g/mol. The molecule has 1 aromatic carbocycles. The molecule has 0 N–H and O–H groups in total. The van der Waals surface area contributed by atoms with E-state index in [1.165, 1.54) is 0 Å². The Morgan fingerprint density at radius 2 is 2.05 bits per heavy atom. The van der Waals surface area contributed by atoms with Crippen LogP contribution in [0.1, 0.15) is 32.4 Å². The van der Waals surface area contributed by atoms with E-state index in [-0.39, 0.29) is 5.92 Å². The van der Waals surface area contributed by atoms with Crippen molar-refractivity contribution < 1.29 is 4.74 Å². The zero-order valence-corrected chi connectivity index (χ0v) is 14.0. The van der Waals surface area contributed by atoms with Gasteiger partial charge < -0.3 is 4.74 Å². The van der Waals surface area contributed by atoms with E-state index in [4.69, 9.17) is 16.3 Å². The number of nitrogens with zero attached hydrogens (tertiary/aromatic N) is 2. The van der Waals surface area contributed by atoms with Crippen LogP contribution in [0, 0.1) is 0 Å². The summed E-state index contributed by atoms with van der Waals surface area (Å²) >= 11 is 9.63. The number of rotatable bonds is 4. The molecule has 1 aromatic heterocycles. The van der Waals surface area contributed by atoms with Crippen LogP contribution < -0.4 is 4.74 Å². The molecule has 0 aliphatic rings. The fourth-order valence-corrected chi connectivity index (χ4v) is 2.65. The molecule has 0 amide bonds. The van der Waals surface area contributed by atoms with Gasteiger partial charge in [0, 0.05) is 5.56 Å². The van der Waals surface area contributed by atoms with Crippen LogP contribution in [0.15, 0.2) is 28.7 Å². The van der Waals surface area contributed by atoms with Gasteiger partial charge in [0.25, 0.3) is 0 Å². The third-order valence-corrected chi connectivity index (χ3v) is 4.07. The zero-order chi connectivity index (χ0) is 14.7. The SMILES string of the molecule is CCOc1cccc(-c2nc(Cl)c(Br)c(C(C)C)n2)c1. The lowest BCUT2D eigenvalue weighted by Gasteiger charge is -2.11. The summed E-state index contributed by atoms with van der Waals surface area (Å²) in [6, 6.07) is 7.71. The fraction of sp³-hybridized carbons (Fsp3) is 0.333. The minimum absolute atomic E-state index is 0.263. The van der Waals surface area contributed by atoms with Crippen LogP contribution in [0.25, 0.3) is 11.4 Å². The van der Waals surface area contributed by atoms with Gasteiger partial charge in [0.05, 0.1) is 16.8 Å². The highest BCUT2D eigenvalue weighted by Gasteiger charge is 2.15. The lowest BCUT2D eigenvalue weighted by Crippen LogP contribution is -2.00. The summed E-state index contributed by atoms with van der Waals surface area (Å²) in [6.07, 6.45) is 0. The van der Waals surface area contributed by atoms with Gasteiger partial charge in [0.1, 0.15) is 10.9 Å². The van der Waals surface area contributed by atoms with Gasteiger partial charge in [-0.1, -0.05) is 37.6 Å². The van der Waals surface area contributed by atoms with Gasteiger partial charge in [0.15, 0.2) is 5.82 Å². The maximum absolute atomic E-state index is 6.18. The number of halogens is 2. The van der Waals surface area contributed by atoms with Crippen molar-refractivity contribution >= 4 is 27.5 Å². The Bertz CT molecular complexity index is 617. The first-order valence-corrected chi connectivity index (χ1v) is 7.66. The summed E-state index contributed by atoms with van der Waals surface area (Å²) < 4.78 is 6.26. The van der Waals surface area contributed by atoms with Crippen LogP contribution in [0.5, 0.6) is 5.75 Å². The van der Waals surface area contributed by atoms with E-state index < -0.39 is 0 Å². The van der Waals surface area contributed by atoms with Crippen molar-refractivity contribution in [2.75, 3.05) is 6.61 Å². The Morgan fingerprint density at radius 1 is 1.30 bits per heavy atom. The van der Waals surface area contributed by atoms with Crippen molar-refractivity contribution in [2.45, 2.75) is 26.7 Å². The van der Waals surface area contributed by atoms with E-state index in [0.29, 0.717) is 17.6 Å². The minimum atomic E-state index is 0.263. The molecule has 0 unspecified atom stereocenters. The average Bonchev–Trinajstić information content (AvgIpc) is 2.42. The van der Waals surface area contributed by atoms with Gasteiger partial charge in [0.2, 0.25) is 0 Å². The van der Waals surface area contributed by atoms with Crippen molar-refractivity contribution in [3.63, 3.8) is 0 Å². The quantitative estimate of drug-likeness (QED) is 0.717. The Hall–Kier alpha value is -1.13. The van der Waals surface area contributed by atoms with Crippen molar-refractivity contribution in [3.8, 4) is 17.1 Å². The molecule has 2 aromatic rings. The van der Waals surface area contributed by atoms with Gasteiger partial charge in [-0.3, -0.25) is 0 Å². The zero-order valence-electron chi connectivity index (χ0n) is 11.7. The number of hydrogen-bond acceptors (Lipinski definition) is 3. The summed E-state index contributed by atoms with van der Waals surface area (Å²) in [5.74, 6) is 1.68. The van der Waals surface area contributed by atoms with Crippen LogP contribution in [-0.2, 0) is 0 Å². The Labute approximate surface area is 132 Å². The van der Waals surface area contributed by atoms with Gasteiger partial charge >= 0.3 is 0 Å². The largest absolute Gasteiger partial charge is 0.494 e. The smallest absolute Gasteiger partial charge is 0.161 e. The highest BCUT2D eigenvalue weighted by molar-refractivity contribution is 9.10. The van der Waals surface area contributed by atoms with Crippen LogP contribution in [0.4, 0.5) is 0 Å². The van der Waals surface area contributed by atoms with Crippen molar-refractivity contribution in [1.29, 1.82) is 0 Å². The van der Waals surface area contributed by atoms with E-state index in [9.17, 15) is 0 Å². The first-order valence-electron chi connectivity index (χ1n) is 6.49. The van der Waals surface area contributed by atoms with Crippen molar-refractivity contribution in [1.82, 2.24) is 9.97 Å². The highest BCUT2D eigenvalue weighted by atomic mass is 79.9. The number of hydrogen-bond donors (Lipinski definition) is 0. The first kappa shape index (κ1) is 15.3. The van der Waals surface area contributed by atoms with Crippen LogP contribution in [0.2, 0.25) is 5.15 Å². The molecule has 2 rings (SSSR count). The predicted molar refractivity (Wildman–Crippen MR) is 85.4 cm³/mol. The number of benzene rings is 1. The summed E-state index contributed by atoms with van der Waals surface area (Å²) in [6.45, 7) is 6.73. The summed E-state index contributed by atoms with van der Waals surface area (Å²) in [5, 5.41) is 0.431. The molecule has 0 aliphatic heterocycles. The lowest BCUT2D eigenvalue weighted by atomic mass is 10.1. The molecular formula is C15H16BrClN2O. The van der Waals surface area contributed by atoms with E-state index in [0.717, 1.165) is 21.5 Å². The first-order chi connectivity index (χ1) is 9.52. The second kappa shape index (κ2) is 6.55. The molecule has 0 fully saturated rings. The normalized spacial score (nSPS) is 10.9. The summed E-state index contributed by atoms with van der Waals surface area (Å²) in [5.41, 5.74) is 1.80. The van der Waals surface area contributed by atoms with Crippen LogP contribution in [0.3, 0.4) is 0 Å². The molecule has 0 atom stereocenters. The van der Waals surface area contributed by atoms with Gasteiger partial charge in [-0.2, -0.15) is 0 Å². The summed E-state index contributed by atoms with van der Waals surface area (Å²) in [4.78, 5) is 8.95. The van der Waals surface area contributed by atoms with E-state index in [2.05, 4.69) is 39.7 Å². The van der Waals surface area contributed by atoms with Gasteiger partial charge in [-0.05, 0) is 40.9 Å². The number of ether oxygens (including phenoxy) is 1. The van der Waals surface area contributed by atoms with E-state index in [1.807, 2.05) is 31.2 Å². The molecule has 0 bridgehead atoms. The lowest BCUT2D eigenvalue weighted by molar-refractivity contribution is 0.340. The third kappa shape index (κ3) is 3.30. The van der Waals surface area contributed by atoms with E-state index >= 15 is 0 Å². The molecular weight excluding hydrogens is 340 g/mol. The fourth-order valence-electron chi connectivity index (χ4n) is 1.84. The Balaban J connectivity index is 2.50. The molecule has 0 spiro atoms. The maximum atomic E-state index is 6.18. The average molecular weight is 356 g/mol. The van der Waals surface area contributed by atoms with Gasteiger partial charge in [-0.25, -0.2) is 9.97 Å². The molecule has 0 saturated heterocycles. The standard InChI is InChI=1S/C15H16BrClN2O/c1-4-20-11-7-5-6-10(8-11)15-18-13(9(2)3)12(16)14(17)19-15/h5-9H,4H2,1-3H3. The maximum Gasteiger partial charge on any atom is 0.161 e. The molecule has 20 heavy (non-hydrogen) atoms. The molecule has 0 radical (unpaired) electrons. The molecule has 0 aliphatic carbocycles. The van der Waals surface area contributed by atoms with Gasteiger partial charge in [-0.15, -0.1) is 0 Å². The topological polar surface area (TPSA) is 35.0 Å². The van der Waals surface area contributed by atoms with Crippen LogP contribution >= 0.6 is 27.5 Å². The second-order valence-electron chi connectivity index (χ2n) is 4.65. The molecule has 0 saturated carbocycles. The molecule has 106 valence electrons. The molecule has 3 nitrogen and oxygen atoms in total. The molecule has 1 heterocycles. The van der Waals surface area contributed by atoms with E-state index in [1.54, 1.807) is 0 Å². The highest BCUT2D eigenvalue weighted by Crippen LogP contribution is 2.31. The van der Waals surface area contributed by atoms with Crippen molar-refractivity contribution in [3.05, 3.63) is 39.6 Å². The Kier molecular flexibility index (Phi) is 5.00. The Morgan fingerprint density at radius 3 is 2.70 bits per heavy atom. The minimum Gasteiger partial charge on any atom is -0.494 e. The predicted octanol–water partition coefficient (Wildman–Crippen LogP) is 5.08. The molecule has 5 heteroatoms. The third-order valence-electron chi connectivity index (χ3n) is 2.79. The summed E-state index contributed by atoms with van der Waals surface area (Å²) in [7, 11) is 0. The number of aromatic nitrogens is 2. The van der Waals surface area contributed by atoms with Crippen LogP contribution in [-0.4, -0.2) is 16.6 Å².